The Balaban J connectivity index is 1.58. The molecule has 0 aliphatic carbocycles. The molecule has 0 saturated carbocycles. The molecule has 190 valence electrons. The number of benzene rings is 1. The van der Waals surface area contributed by atoms with Gasteiger partial charge in [-0.25, -0.2) is 4.98 Å². The summed E-state index contributed by atoms with van der Waals surface area (Å²) in [6.07, 6.45) is 13.4. The van der Waals surface area contributed by atoms with E-state index in [4.69, 9.17) is 0 Å². The Hall–Kier alpha value is -3.52. The number of fused-ring (bicyclic) bond motifs is 1. The number of aromatic nitrogens is 3. The number of H-pyrrole nitrogens is 1. The summed E-state index contributed by atoms with van der Waals surface area (Å²) in [6, 6.07) is 9.78. The van der Waals surface area contributed by atoms with Crippen LogP contribution >= 0.6 is 0 Å². The number of nitrogens with one attached hydrogen (secondary N) is 2. The molecular weight excluding hydrogens is 452 g/mol. The highest BCUT2D eigenvalue weighted by molar-refractivity contribution is 5.97. The monoisotopic (exact) mass is 488 g/mol. The molecule has 3 aromatic rings. The number of pyridine rings is 1. The number of amides is 2. The summed E-state index contributed by atoms with van der Waals surface area (Å²) in [5.74, 6) is -0.0829. The Kier molecular flexibility index (Phi) is 9.21. The number of hydrogen-bond donors (Lipinski definition) is 2. The Bertz CT molecular complexity index is 1120. The Morgan fingerprint density at radius 2 is 1.86 bits per heavy atom. The molecular formula is C28H36N6O2. The molecule has 1 aliphatic heterocycles. The van der Waals surface area contributed by atoms with Crippen molar-refractivity contribution in [3.05, 3.63) is 77.6 Å². The van der Waals surface area contributed by atoms with Gasteiger partial charge in [-0.3, -0.25) is 19.5 Å². The molecule has 1 aromatic carbocycles. The number of carbonyl (C=O) groups excluding carboxylic acids is 2. The van der Waals surface area contributed by atoms with Gasteiger partial charge in [0.25, 0.3) is 5.91 Å². The summed E-state index contributed by atoms with van der Waals surface area (Å²) < 4.78 is 0. The molecule has 0 unspecified atom stereocenters. The van der Waals surface area contributed by atoms with Crippen molar-refractivity contribution in [2.24, 2.45) is 0 Å². The normalized spacial score (nSPS) is 15.4. The maximum absolute atomic E-state index is 13.0. The molecule has 0 bridgehead atoms. The van der Waals surface area contributed by atoms with Gasteiger partial charge in [0.05, 0.1) is 6.33 Å². The molecule has 8 nitrogen and oxygen atoms in total. The minimum atomic E-state index is -0.114. The van der Waals surface area contributed by atoms with Gasteiger partial charge >= 0.3 is 0 Å². The van der Waals surface area contributed by atoms with Gasteiger partial charge in [-0.2, -0.15) is 0 Å². The van der Waals surface area contributed by atoms with Crippen LogP contribution in [0.5, 0.6) is 0 Å². The van der Waals surface area contributed by atoms with Crippen LogP contribution in [0.4, 0.5) is 5.69 Å². The molecule has 4 rings (SSSR count). The van der Waals surface area contributed by atoms with Gasteiger partial charge in [-0.1, -0.05) is 25.3 Å². The fourth-order valence-corrected chi connectivity index (χ4v) is 4.74. The number of anilines is 1. The minimum Gasteiger partial charge on any atom is -0.352 e. The van der Waals surface area contributed by atoms with E-state index >= 15 is 0 Å². The van der Waals surface area contributed by atoms with Crippen LogP contribution in [-0.4, -0.2) is 51.3 Å². The maximum Gasteiger partial charge on any atom is 0.251 e. The zero-order chi connectivity index (χ0) is 25.2. The molecule has 0 radical (unpaired) electrons. The van der Waals surface area contributed by atoms with Crippen LogP contribution < -0.4 is 10.2 Å². The molecule has 8 heteroatoms. The number of imidazole rings is 1. The van der Waals surface area contributed by atoms with E-state index in [2.05, 4.69) is 31.2 Å². The van der Waals surface area contributed by atoms with Crippen LogP contribution in [0.15, 0.2) is 55.2 Å². The lowest BCUT2D eigenvalue weighted by atomic mass is 10.0. The predicted octanol–water partition coefficient (Wildman–Crippen LogP) is 4.10. The van der Waals surface area contributed by atoms with Crippen LogP contribution in [0.3, 0.4) is 0 Å². The third-order valence-electron chi connectivity index (χ3n) is 6.63. The minimum absolute atomic E-state index is 0.0314. The first-order chi connectivity index (χ1) is 17.6. The SMILES string of the molecule is CC(=O)N1CCCCCCCN(Cc2cccnc2)Cc2cc(C(=O)NCCc3cnc[nH]3)ccc21. The smallest absolute Gasteiger partial charge is 0.251 e. The Morgan fingerprint density at radius 1 is 1.03 bits per heavy atom. The van der Waals surface area contributed by atoms with Crippen LogP contribution in [0, 0.1) is 0 Å². The topological polar surface area (TPSA) is 94.2 Å². The zero-order valence-electron chi connectivity index (χ0n) is 21.1. The van der Waals surface area contributed by atoms with Crippen LogP contribution in [0.2, 0.25) is 0 Å². The molecule has 2 amide bonds. The Morgan fingerprint density at radius 3 is 2.61 bits per heavy atom. The van der Waals surface area contributed by atoms with E-state index in [0.29, 0.717) is 31.6 Å². The number of nitrogens with zero attached hydrogens (tertiary/aromatic N) is 4. The van der Waals surface area contributed by atoms with E-state index in [0.717, 1.165) is 54.9 Å². The van der Waals surface area contributed by atoms with Gasteiger partial charge in [0.2, 0.25) is 5.91 Å². The number of aromatic amines is 1. The van der Waals surface area contributed by atoms with Crippen LogP contribution in [0.25, 0.3) is 0 Å². The van der Waals surface area contributed by atoms with E-state index in [1.54, 1.807) is 25.6 Å². The van der Waals surface area contributed by atoms with Gasteiger partial charge in [0, 0.05) is 75.1 Å². The van der Waals surface area contributed by atoms with E-state index in [-0.39, 0.29) is 11.8 Å². The maximum atomic E-state index is 13.0. The van der Waals surface area contributed by atoms with E-state index in [9.17, 15) is 9.59 Å². The van der Waals surface area contributed by atoms with Crippen LogP contribution in [0.1, 0.15) is 66.2 Å². The van der Waals surface area contributed by atoms with Crippen molar-refractivity contribution in [3.8, 4) is 0 Å². The molecule has 0 fully saturated rings. The average molecular weight is 489 g/mol. The number of hydrogen-bond acceptors (Lipinski definition) is 5. The number of rotatable bonds is 6. The van der Waals surface area contributed by atoms with Crippen molar-refractivity contribution in [1.29, 1.82) is 0 Å². The highest BCUT2D eigenvalue weighted by atomic mass is 16.2. The highest BCUT2D eigenvalue weighted by Gasteiger charge is 2.20. The van der Waals surface area contributed by atoms with Gasteiger partial charge < -0.3 is 15.2 Å². The first-order valence-electron chi connectivity index (χ1n) is 12.9. The van der Waals surface area contributed by atoms with Crippen molar-refractivity contribution < 1.29 is 9.59 Å². The lowest BCUT2D eigenvalue weighted by Gasteiger charge is -2.29. The first kappa shape index (κ1) is 25.6. The lowest BCUT2D eigenvalue weighted by Crippen LogP contribution is -2.33. The second-order valence-corrected chi connectivity index (χ2v) is 9.44. The van der Waals surface area contributed by atoms with Gasteiger partial charge in [-0.05, 0) is 54.8 Å². The molecule has 36 heavy (non-hydrogen) atoms. The van der Waals surface area contributed by atoms with Crippen molar-refractivity contribution >= 4 is 17.5 Å². The van der Waals surface area contributed by atoms with Crippen molar-refractivity contribution in [2.75, 3.05) is 24.5 Å². The molecule has 1 aliphatic rings. The van der Waals surface area contributed by atoms with E-state index < -0.39 is 0 Å². The summed E-state index contributed by atoms with van der Waals surface area (Å²) in [4.78, 5) is 41.3. The Labute approximate surface area is 213 Å². The van der Waals surface area contributed by atoms with E-state index in [1.165, 1.54) is 12.8 Å². The molecule has 0 spiro atoms. The fourth-order valence-electron chi connectivity index (χ4n) is 4.74. The van der Waals surface area contributed by atoms with Crippen molar-refractivity contribution in [2.45, 2.75) is 58.5 Å². The molecule has 2 aromatic heterocycles. The number of carbonyl (C=O) groups is 2. The summed E-state index contributed by atoms with van der Waals surface area (Å²) in [6.45, 7) is 5.22. The standard InChI is InChI=1S/C28H36N6O2/c1-22(35)34-15-6-4-2-3-5-14-33(19-23-8-7-12-29-17-23)20-25-16-24(9-10-27(25)34)28(36)31-13-11-26-18-30-21-32-26/h7-10,12,16-18,21H,2-6,11,13-15,19-20H2,1H3,(H,30,32)(H,31,36). The summed E-state index contributed by atoms with van der Waals surface area (Å²) >= 11 is 0. The van der Waals surface area contributed by atoms with Crippen molar-refractivity contribution in [1.82, 2.24) is 25.2 Å². The summed E-state index contributed by atoms with van der Waals surface area (Å²) in [7, 11) is 0. The third-order valence-corrected chi connectivity index (χ3v) is 6.63. The predicted molar refractivity (Wildman–Crippen MR) is 141 cm³/mol. The highest BCUT2D eigenvalue weighted by Crippen LogP contribution is 2.26. The molecule has 0 atom stereocenters. The van der Waals surface area contributed by atoms with E-state index in [1.807, 2.05) is 35.4 Å². The summed E-state index contributed by atoms with van der Waals surface area (Å²) in [5, 5.41) is 3.01. The zero-order valence-corrected chi connectivity index (χ0v) is 21.1. The quantitative estimate of drug-likeness (QED) is 0.545. The summed E-state index contributed by atoms with van der Waals surface area (Å²) in [5.41, 5.74) is 4.64. The molecule has 2 N–H and O–H groups in total. The third kappa shape index (κ3) is 7.24. The average Bonchev–Trinajstić information content (AvgIpc) is 3.39. The first-order valence-corrected chi connectivity index (χ1v) is 12.9. The van der Waals surface area contributed by atoms with Crippen molar-refractivity contribution in [3.63, 3.8) is 0 Å². The largest absolute Gasteiger partial charge is 0.352 e. The molecule has 0 saturated heterocycles. The van der Waals surface area contributed by atoms with Gasteiger partial charge in [-0.15, -0.1) is 0 Å². The molecule has 3 heterocycles. The second-order valence-electron chi connectivity index (χ2n) is 9.44. The van der Waals surface area contributed by atoms with Gasteiger partial charge in [0.1, 0.15) is 0 Å². The lowest BCUT2D eigenvalue weighted by molar-refractivity contribution is -0.116. The fraction of sp³-hybridized carbons (Fsp3) is 0.429. The van der Waals surface area contributed by atoms with Gasteiger partial charge in [0.15, 0.2) is 0 Å². The second kappa shape index (κ2) is 13.0. The van der Waals surface area contributed by atoms with Crippen LogP contribution in [-0.2, 0) is 24.3 Å².